The number of nitrogens with zero attached hydrogens (tertiary/aromatic N) is 2. The quantitative estimate of drug-likeness (QED) is 0.653. The average molecular weight is 376 g/mol. The molecule has 1 unspecified atom stereocenters. The molecule has 0 heterocycles. The van der Waals surface area contributed by atoms with E-state index in [1.165, 1.54) is 12.1 Å². The molecule has 2 aromatic carbocycles. The number of benzene rings is 2. The van der Waals surface area contributed by atoms with Gasteiger partial charge in [0, 0.05) is 13.6 Å². The van der Waals surface area contributed by atoms with E-state index in [-0.39, 0.29) is 17.7 Å². The third-order valence-electron chi connectivity index (χ3n) is 4.45. The Hall–Kier alpha value is -2.47. The molecule has 0 saturated carbocycles. The van der Waals surface area contributed by atoms with E-state index in [1.54, 1.807) is 24.1 Å². The molecule has 0 fully saturated rings. The highest BCUT2D eigenvalue weighted by Gasteiger charge is 2.28. The van der Waals surface area contributed by atoms with Gasteiger partial charge in [-0.25, -0.2) is 0 Å². The monoisotopic (exact) mass is 376 g/mol. The molecular weight excluding hydrogens is 350 g/mol. The second kappa shape index (κ2) is 10.0. The summed E-state index contributed by atoms with van der Waals surface area (Å²) in [6.07, 6.45) is 0. The Labute approximate surface area is 159 Å². The van der Waals surface area contributed by atoms with Crippen LogP contribution in [0.3, 0.4) is 0 Å². The van der Waals surface area contributed by atoms with E-state index in [0.29, 0.717) is 6.54 Å². The van der Waals surface area contributed by atoms with Crippen LogP contribution in [-0.2, 0) is 11.3 Å². The van der Waals surface area contributed by atoms with Crippen LogP contribution < -0.4 is 4.74 Å². The van der Waals surface area contributed by atoms with Crippen molar-refractivity contribution in [3.8, 4) is 5.75 Å². The van der Waals surface area contributed by atoms with Gasteiger partial charge in [0.05, 0.1) is 0 Å². The summed E-state index contributed by atoms with van der Waals surface area (Å²) in [7, 11) is 1.72. The lowest BCUT2D eigenvalue weighted by Crippen LogP contribution is -2.41. The summed E-state index contributed by atoms with van der Waals surface area (Å²) in [6, 6.07) is 15.7. The van der Waals surface area contributed by atoms with E-state index in [4.69, 9.17) is 0 Å². The fourth-order valence-corrected chi connectivity index (χ4v) is 3.11. The molecule has 0 bridgehead atoms. The molecule has 0 N–H and O–H groups in total. The molecule has 1 amide bonds. The van der Waals surface area contributed by atoms with Crippen molar-refractivity contribution in [2.75, 3.05) is 20.1 Å². The van der Waals surface area contributed by atoms with Gasteiger partial charge in [0.25, 0.3) is 0 Å². The molecular formula is C21H26F2N2O2. The second-order valence-electron chi connectivity index (χ2n) is 6.25. The molecule has 0 aliphatic heterocycles. The largest absolute Gasteiger partial charge is 0.435 e. The maximum absolute atomic E-state index is 13.2. The molecule has 0 aliphatic rings. The Kier molecular flexibility index (Phi) is 7.73. The van der Waals surface area contributed by atoms with E-state index < -0.39 is 6.61 Å². The van der Waals surface area contributed by atoms with E-state index >= 15 is 0 Å². The molecule has 0 saturated heterocycles. The van der Waals surface area contributed by atoms with Gasteiger partial charge in [0.1, 0.15) is 11.8 Å². The zero-order valence-electron chi connectivity index (χ0n) is 15.9. The molecule has 0 spiro atoms. The minimum absolute atomic E-state index is 0.0370. The smallest absolute Gasteiger partial charge is 0.387 e. The van der Waals surface area contributed by atoms with Crippen molar-refractivity contribution in [1.82, 2.24) is 9.80 Å². The van der Waals surface area contributed by atoms with Gasteiger partial charge in [-0.05, 0) is 36.3 Å². The number of alkyl halides is 2. The highest BCUT2D eigenvalue weighted by molar-refractivity contribution is 5.83. The predicted octanol–water partition coefficient (Wildman–Crippen LogP) is 4.33. The standard InChI is InChI=1S/C21H26F2N2O2/c1-4-25(5-2)19(17-11-7-6-8-12-17)20(26)24(3)15-16-10-9-13-18(14-16)27-21(22)23/h6-14,19,21H,4-5,15H2,1-3H3. The first kappa shape index (κ1) is 20.8. The maximum Gasteiger partial charge on any atom is 0.387 e. The van der Waals surface area contributed by atoms with Gasteiger partial charge in [-0.2, -0.15) is 8.78 Å². The van der Waals surface area contributed by atoms with Crippen LogP contribution in [0.2, 0.25) is 0 Å². The number of amides is 1. The normalized spacial score (nSPS) is 12.3. The lowest BCUT2D eigenvalue weighted by molar-refractivity contribution is -0.136. The lowest BCUT2D eigenvalue weighted by Gasteiger charge is -2.32. The van der Waals surface area contributed by atoms with Crippen LogP contribution in [-0.4, -0.2) is 42.5 Å². The molecule has 4 nitrogen and oxygen atoms in total. The fourth-order valence-electron chi connectivity index (χ4n) is 3.11. The highest BCUT2D eigenvalue weighted by atomic mass is 19.3. The minimum Gasteiger partial charge on any atom is -0.435 e. The predicted molar refractivity (Wildman–Crippen MR) is 102 cm³/mol. The molecule has 0 aliphatic carbocycles. The maximum atomic E-state index is 13.2. The summed E-state index contributed by atoms with van der Waals surface area (Å²) in [4.78, 5) is 16.9. The number of halogens is 2. The number of hydrogen-bond acceptors (Lipinski definition) is 3. The number of ether oxygens (including phenoxy) is 1. The van der Waals surface area contributed by atoms with E-state index in [0.717, 1.165) is 24.2 Å². The Bertz CT molecular complexity index is 721. The highest BCUT2D eigenvalue weighted by Crippen LogP contribution is 2.24. The fraction of sp³-hybridized carbons (Fsp3) is 0.381. The Morgan fingerprint density at radius 3 is 2.30 bits per heavy atom. The second-order valence-corrected chi connectivity index (χ2v) is 6.25. The average Bonchev–Trinajstić information content (AvgIpc) is 2.66. The molecule has 27 heavy (non-hydrogen) atoms. The first-order chi connectivity index (χ1) is 13.0. The summed E-state index contributed by atoms with van der Waals surface area (Å²) in [6.45, 7) is 2.98. The van der Waals surface area contributed by atoms with Crippen molar-refractivity contribution in [3.63, 3.8) is 0 Å². The van der Waals surface area contributed by atoms with Crippen LogP contribution in [0.4, 0.5) is 8.78 Å². The Morgan fingerprint density at radius 2 is 1.70 bits per heavy atom. The van der Waals surface area contributed by atoms with Crippen molar-refractivity contribution in [1.29, 1.82) is 0 Å². The van der Waals surface area contributed by atoms with Crippen LogP contribution in [0.25, 0.3) is 0 Å². The van der Waals surface area contributed by atoms with Crippen molar-refractivity contribution in [3.05, 3.63) is 65.7 Å². The van der Waals surface area contributed by atoms with Crippen LogP contribution >= 0.6 is 0 Å². The number of carbonyl (C=O) groups is 1. The third kappa shape index (κ3) is 5.76. The van der Waals surface area contributed by atoms with Crippen LogP contribution in [0, 0.1) is 0 Å². The Morgan fingerprint density at radius 1 is 1.04 bits per heavy atom. The van der Waals surface area contributed by atoms with Gasteiger partial charge >= 0.3 is 6.61 Å². The van der Waals surface area contributed by atoms with Crippen LogP contribution in [0.15, 0.2) is 54.6 Å². The molecule has 1 atom stereocenters. The van der Waals surface area contributed by atoms with Crippen molar-refractivity contribution in [2.45, 2.75) is 33.0 Å². The van der Waals surface area contributed by atoms with Gasteiger partial charge < -0.3 is 9.64 Å². The van der Waals surface area contributed by atoms with Crippen LogP contribution in [0.1, 0.15) is 31.0 Å². The van der Waals surface area contributed by atoms with Crippen molar-refractivity contribution < 1.29 is 18.3 Å². The van der Waals surface area contributed by atoms with Gasteiger partial charge in [-0.3, -0.25) is 9.69 Å². The lowest BCUT2D eigenvalue weighted by atomic mass is 10.0. The van der Waals surface area contributed by atoms with Gasteiger partial charge in [0.2, 0.25) is 5.91 Å². The summed E-state index contributed by atoms with van der Waals surface area (Å²) in [5.41, 5.74) is 1.67. The molecule has 6 heteroatoms. The van der Waals surface area contributed by atoms with Gasteiger partial charge in [-0.15, -0.1) is 0 Å². The van der Waals surface area contributed by atoms with Crippen molar-refractivity contribution >= 4 is 5.91 Å². The number of rotatable bonds is 9. The number of hydrogen-bond donors (Lipinski definition) is 0. The van der Waals surface area contributed by atoms with Gasteiger partial charge in [-0.1, -0.05) is 56.3 Å². The summed E-state index contributed by atoms with van der Waals surface area (Å²) >= 11 is 0. The first-order valence-electron chi connectivity index (χ1n) is 9.04. The first-order valence-corrected chi connectivity index (χ1v) is 9.04. The van der Waals surface area contributed by atoms with Crippen molar-refractivity contribution in [2.24, 2.45) is 0 Å². The summed E-state index contributed by atoms with van der Waals surface area (Å²) in [5.74, 6) is 0.0526. The minimum atomic E-state index is -2.87. The molecule has 146 valence electrons. The van der Waals surface area contributed by atoms with E-state index in [1.807, 2.05) is 44.2 Å². The molecule has 0 aromatic heterocycles. The number of carbonyl (C=O) groups excluding carboxylic acids is 1. The van der Waals surface area contributed by atoms with E-state index in [2.05, 4.69) is 9.64 Å². The zero-order valence-corrected chi connectivity index (χ0v) is 15.9. The summed E-state index contributed by atoms with van der Waals surface area (Å²) < 4.78 is 29.3. The molecule has 2 aromatic rings. The molecule has 0 radical (unpaired) electrons. The van der Waals surface area contributed by atoms with Gasteiger partial charge in [0.15, 0.2) is 0 Å². The topological polar surface area (TPSA) is 32.8 Å². The van der Waals surface area contributed by atoms with Crippen LogP contribution in [0.5, 0.6) is 5.75 Å². The summed E-state index contributed by atoms with van der Waals surface area (Å²) in [5, 5.41) is 0. The Balaban J connectivity index is 2.20. The molecule has 2 rings (SSSR count). The third-order valence-corrected chi connectivity index (χ3v) is 4.45. The SMILES string of the molecule is CCN(CC)C(C(=O)N(C)Cc1cccc(OC(F)F)c1)c1ccccc1. The zero-order chi connectivity index (χ0) is 19.8. The van der Waals surface area contributed by atoms with E-state index in [9.17, 15) is 13.6 Å². The number of likely N-dealkylation sites (N-methyl/N-ethyl adjacent to an activating group) is 2.